The van der Waals surface area contributed by atoms with E-state index >= 15 is 0 Å². The van der Waals surface area contributed by atoms with Crippen molar-refractivity contribution in [2.24, 2.45) is 0 Å². The minimum absolute atomic E-state index is 0.0154. The molecule has 4 nitrogen and oxygen atoms in total. The van der Waals surface area contributed by atoms with Gasteiger partial charge >= 0.3 is 0 Å². The number of fused-ring (bicyclic) bond motifs is 1. The molecule has 0 spiro atoms. The molecule has 0 aliphatic heterocycles. The summed E-state index contributed by atoms with van der Waals surface area (Å²) in [6.45, 7) is 0. The highest BCUT2D eigenvalue weighted by molar-refractivity contribution is 5.85. The third kappa shape index (κ3) is 2.18. The molecule has 2 heterocycles. The van der Waals surface area contributed by atoms with E-state index in [4.69, 9.17) is 0 Å². The highest BCUT2D eigenvalue weighted by Crippen LogP contribution is 2.26. The predicted molar refractivity (Wildman–Crippen MR) is 74.7 cm³/mol. The Balaban J connectivity index is 2.17. The van der Waals surface area contributed by atoms with Gasteiger partial charge in [-0.1, -0.05) is 18.2 Å². The van der Waals surface area contributed by atoms with E-state index in [0.29, 0.717) is 0 Å². The Hall–Kier alpha value is -2.33. The van der Waals surface area contributed by atoms with E-state index in [1.165, 1.54) is 5.39 Å². The summed E-state index contributed by atoms with van der Waals surface area (Å²) in [4.78, 5) is 12.7. The van der Waals surface area contributed by atoms with Gasteiger partial charge in [-0.25, -0.2) is 0 Å². The maximum absolute atomic E-state index is 4.39. The van der Waals surface area contributed by atoms with Crippen molar-refractivity contribution in [3.8, 4) is 0 Å². The molecule has 3 rings (SSSR count). The number of aromatic nitrogens is 3. The molecule has 0 saturated heterocycles. The number of nitrogens with zero attached hydrogens (tertiary/aromatic N) is 3. The average Bonchev–Trinajstić information content (AvgIpc) is 2.49. The first-order valence-electron chi connectivity index (χ1n) is 6.16. The van der Waals surface area contributed by atoms with Crippen LogP contribution in [0.1, 0.15) is 17.3 Å². The molecule has 0 saturated carbocycles. The van der Waals surface area contributed by atoms with E-state index in [1.807, 2.05) is 25.5 Å². The highest BCUT2D eigenvalue weighted by Gasteiger charge is 2.15. The van der Waals surface area contributed by atoms with Gasteiger partial charge < -0.3 is 5.32 Å². The topological polar surface area (TPSA) is 50.7 Å². The largest absolute Gasteiger partial charge is 0.308 e. The molecular formula is C15H14N4. The summed E-state index contributed by atoms with van der Waals surface area (Å²) in [7, 11) is 1.93. The van der Waals surface area contributed by atoms with E-state index in [9.17, 15) is 0 Å². The second kappa shape index (κ2) is 5.12. The third-order valence-electron chi connectivity index (χ3n) is 3.20. The summed E-state index contributed by atoms with van der Waals surface area (Å²) in [5.41, 5.74) is 2.06. The van der Waals surface area contributed by atoms with Crippen molar-refractivity contribution >= 4 is 10.8 Å². The summed E-state index contributed by atoms with van der Waals surface area (Å²) < 4.78 is 0. The lowest BCUT2D eigenvalue weighted by Crippen LogP contribution is -2.19. The molecule has 4 heteroatoms. The maximum atomic E-state index is 4.39. The molecule has 1 unspecified atom stereocenters. The number of rotatable bonds is 3. The van der Waals surface area contributed by atoms with Crippen LogP contribution in [-0.2, 0) is 0 Å². The van der Waals surface area contributed by atoms with Crippen molar-refractivity contribution in [2.75, 3.05) is 7.05 Å². The van der Waals surface area contributed by atoms with Crippen LogP contribution in [0.25, 0.3) is 10.8 Å². The number of benzene rings is 1. The summed E-state index contributed by atoms with van der Waals surface area (Å²) in [5.74, 6) is 0. The lowest BCUT2D eigenvalue weighted by Gasteiger charge is -2.17. The third-order valence-corrected chi connectivity index (χ3v) is 3.20. The molecule has 0 radical (unpaired) electrons. The van der Waals surface area contributed by atoms with Gasteiger partial charge in [-0.05, 0) is 24.1 Å². The first-order valence-corrected chi connectivity index (χ1v) is 6.16. The van der Waals surface area contributed by atoms with Gasteiger partial charge in [0.2, 0.25) is 0 Å². The smallest absolute Gasteiger partial charge is 0.0801 e. The fourth-order valence-corrected chi connectivity index (χ4v) is 2.31. The number of pyridine rings is 1. The summed E-state index contributed by atoms with van der Waals surface area (Å²) >= 11 is 0. The van der Waals surface area contributed by atoms with Gasteiger partial charge in [0.1, 0.15) is 0 Å². The van der Waals surface area contributed by atoms with E-state index in [0.717, 1.165) is 16.6 Å². The van der Waals surface area contributed by atoms with Crippen molar-refractivity contribution < 1.29 is 0 Å². The van der Waals surface area contributed by atoms with Crippen LogP contribution in [0.15, 0.2) is 55.2 Å². The van der Waals surface area contributed by atoms with Crippen LogP contribution in [0.3, 0.4) is 0 Å². The van der Waals surface area contributed by atoms with Crippen molar-refractivity contribution in [2.45, 2.75) is 6.04 Å². The van der Waals surface area contributed by atoms with Crippen LogP contribution in [0, 0.1) is 0 Å². The normalized spacial score (nSPS) is 12.5. The average molecular weight is 250 g/mol. The first-order chi connectivity index (χ1) is 9.40. The van der Waals surface area contributed by atoms with Gasteiger partial charge in [-0.3, -0.25) is 15.0 Å². The zero-order valence-corrected chi connectivity index (χ0v) is 10.6. The lowest BCUT2D eigenvalue weighted by atomic mass is 9.98. The molecule has 1 N–H and O–H groups in total. The Morgan fingerprint density at radius 2 is 1.89 bits per heavy atom. The molecule has 1 aromatic carbocycles. The van der Waals surface area contributed by atoms with Crippen LogP contribution >= 0.6 is 0 Å². The van der Waals surface area contributed by atoms with E-state index in [1.54, 1.807) is 18.6 Å². The lowest BCUT2D eigenvalue weighted by molar-refractivity contribution is 0.671. The van der Waals surface area contributed by atoms with Gasteiger partial charge in [0, 0.05) is 30.2 Å². The molecular weight excluding hydrogens is 236 g/mol. The Labute approximate surface area is 111 Å². The van der Waals surface area contributed by atoms with Crippen LogP contribution in [0.4, 0.5) is 0 Å². The van der Waals surface area contributed by atoms with Gasteiger partial charge in [-0.15, -0.1) is 0 Å². The maximum Gasteiger partial charge on any atom is 0.0801 e. The Kier molecular flexibility index (Phi) is 3.16. The van der Waals surface area contributed by atoms with Crippen LogP contribution < -0.4 is 5.32 Å². The first kappa shape index (κ1) is 11.7. The fraction of sp³-hybridized carbons (Fsp3) is 0.133. The molecule has 0 amide bonds. The van der Waals surface area contributed by atoms with Gasteiger partial charge in [0.15, 0.2) is 0 Å². The fourth-order valence-electron chi connectivity index (χ4n) is 2.31. The van der Waals surface area contributed by atoms with Crippen LogP contribution in [0.2, 0.25) is 0 Å². The van der Waals surface area contributed by atoms with Gasteiger partial charge in [0.25, 0.3) is 0 Å². The van der Waals surface area contributed by atoms with E-state index < -0.39 is 0 Å². The highest BCUT2D eigenvalue weighted by atomic mass is 14.9. The molecule has 3 aromatic rings. The van der Waals surface area contributed by atoms with Gasteiger partial charge in [0.05, 0.1) is 17.9 Å². The SMILES string of the molecule is CNC(c1cnccn1)c1cccc2ccncc12. The molecule has 19 heavy (non-hydrogen) atoms. The second-order valence-corrected chi connectivity index (χ2v) is 4.30. The van der Waals surface area contributed by atoms with E-state index in [-0.39, 0.29) is 6.04 Å². The second-order valence-electron chi connectivity index (χ2n) is 4.30. The molecule has 0 aliphatic rings. The standard InChI is InChI=1S/C15H14N4/c1-16-15(14-10-18-7-8-19-14)12-4-2-3-11-5-6-17-9-13(11)12/h2-10,15-16H,1H3. The molecule has 94 valence electrons. The Morgan fingerprint density at radius 3 is 2.68 bits per heavy atom. The molecule has 0 fully saturated rings. The zero-order chi connectivity index (χ0) is 13.1. The molecule has 0 bridgehead atoms. The van der Waals surface area contributed by atoms with Crippen molar-refractivity contribution in [1.29, 1.82) is 0 Å². The quantitative estimate of drug-likeness (QED) is 0.775. The van der Waals surface area contributed by atoms with Crippen LogP contribution in [0.5, 0.6) is 0 Å². The molecule has 0 aliphatic carbocycles. The number of hydrogen-bond acceptors (Lipinski definition) is 4. The predicted octanol–water partition coefficient (Wildman–Crippen LogP) is 2.33. The summed E-state index contributed by atoms with van der Waals surface area (Å²) in [6.07, 6.45) is 8.88. The Bertz CT molecular complexity index is 677. The van der Waals surface area contributed by atoms with Crippen molar-refractivity contribution in [1.82, 2.24) is 20.3 Å². The van der Waals surface area contributed by atoms with Crippen molar-refractivity contribution in [3.05, 3.63) is 66.5 Å². The Morgan fingerprint density at radius 1 is 1.00 bits per heavy atom. The zero-order valence-electron chi connectivity index (χ0n) is 10.6. The number of nitrogens with one attached hydrogen (secondary N) is 1. The summed E-state index contributed by atoms with van der Waals surface area (Å²) in [6, 6.07) is 8.27. The molecule has 2 aromatic heterocycles. The van der Waals surface area contributed by atoms with Gasteiger partial charge in [-0.2, -0.15) is 0 Å². The number of hydrogen-bond donors (Lipinski definition) is 1. The minimum Gasteiger partial charge on any atom is -0.308 e. The van der Waals surface area contributed by atoms with Crippen LogP contribution in [-0.4, -0.2) is 22.0 Å². The summed E-state index contributed by atoms with van der Waals surface area (Å²) in [5, 5.41) is 5.61. The minimum atomic E-state index is 0.0154. The molecule has 1 atom stereocenters. The monoisotopic (exact) mass is 250 g/mol. The van der Waals surface area contributed by atoms with E-state index in [2.05, 4.69) is 38.5 Å². The van der Waals surface area contributed by atoms with Crippen molar-refractivity contribution in [3.63, 3.8) is 0 Å².